The van der Waals surface area contributed by atoms with Gasteiger partial charge in [-0.2, -0.15) is 0 Å². The fourth-order valence-corrected chi connectivity index (χ4v) is 2.31. The lowest BCUT2D eigenvalue weighted by molar-refractivity contribution is 0.615. The molecule has 0 saturated carbocycles. The van der Waals surface area contributed by atoms with Crippen molar-refractivity contribution in [2.24, 2.45) is 5.73 Å². The maximum atomic E-state index is 13.5. The van der Waals surface area contributed by atoms with Gasteiger partial charge in [-0.25, -0.2) is 8.78 Å². The largest absolute Gasteiger partial charge is 0.377 e. The van der Waals surface area contributed by atoms with Gasteiger partial charge in [-0.15, -0.1) is 0 Å². The molecule has 6 heteroatoms. The number of rotatable bonds is 4. The minimum atomic E-state index is -0.447. The van der Waals surface area contributed by atoms with Crippen molar-refractivity contribution in [3.05, 3.63) is 63.1 Å². The number of hydrogen-bond acceptors (Lipinski definition) is 2. The minimum absolute atomic E-state index is 0.231. The summed E-state index contributed by atoms with van der Waals surface area (Å²) >= 11 is 8.88. The average molecular weight is 362 g/mol. The topological polar surface area (TPSA) is 38.0 Å². The van der Waals surface area contributed by atoms with Crippen LogP contribution in [0.4, 0.5) is 14.5 Å². The third-order valence-electron chi connectivity index (χ3n) is 2.79. The summed E-state index contributed by atoms with van der Waals surface area (Å²) in [4.78, 5) is 0. The van der Waals surface area contributed by atoms with Crippen molar-refractivity contribution in [2.45, 2.75) is 6.04 Å². The summed E-state index contributed by atoms with van der Waals surface area (Å²) in [5.74, 6) is -0.821. The Balaban J connectivity index is 2.26. The summed E-state index contributed by atoms with van der Waals surface area (Å²) in [6.07, 6.45) is 0. The highest BCUT2D eigenvalue weighted by Crippen LogP contribution is 2.25. The van der Waals surface area contributed by atoms with E-state index in [9.17, 15) is 8.78 Å². The Morgan fingerprint density at radius 3 is 2.55 bits per heavy atom. The minimum Gasteiger partial charge on any atom is -0.377 e. The van der Waals surface area contributed by atoms with Gasteiger partial charge in [-0.1, -0.05) is 17.7 Å². The molecule has 0 bridgehead atoms. The van der Waals surface area contributed by atoms with Crippen molar-refractivity contribution in [1.29, 1.82) is 0 Å². The van der Waals surface area contributed by atoms with Crippen LogP contribution in [-0.4, -0.2) is 6.54 Å². The van der Waals surface area contributed by atoms with Crippen LogP contribution < -0.4 is 11.1 Å². The number of benzene rings is 2. The molecule has 2 rings (SSSR count). The van der Waals surface area contributed by atoms with Crippen LogP contribution in [0.15, 0.2) is 40.9 Å². The molecule has 2 aromatic carbocycles. The van der Waals surface area contributed by atoms with E-state index in [0.29, 0.717) is 15.7 Å². The maximum absolute atomic E-state index is 13.5. The normalized spacial score (nSPS) is 12.2. The molecular weight excluding hydrogens is 350 g/mol. The van der Waals surface area contributed by atoms with Crippen molar-refractivity contribution in [3.63, 3.8) is 0 Å². The Hall–Kier alpha value is -1.17. The zero-order valence-corrected chi connectivity index (χ0v) is 12.7. The number of nitrogens with one attached hydrogen (secondary N) is 1. The Bertz CT molecular complexity index is 602. The van der Waals surface area contributed by atoms with Crippen LogP contribution in [0.5, 0.6) is 0 Å². The molecule has 0 amide bonds. The van der Waals surface area contributed by atoms with E-state index in [2.05, 4.69) is 21.2 Å². The highest BCUT2D eigenvalue weighted by atomic mass is 79.9. The predicted octanol–water partition coefficient (Wildman–Crippen LogP) is 4.49. The van der Waals surface area contributed by atoms with Crippen LogP contribution in [0.1, 0.15) is 11.6 Å². The lowest BCUT2D eigenvalue weighted by atomic mass is 10.1. The first-order valence-corrected chi connectivity index (χ1v) is 7.04. The van der Waals surface area contributed by atoms with E-state index in [1.165, 1.54) is 18.2 Å². The molecule has 0 radical (unpaired) electrons. The molecule has 2 aromatic rings. The van der Waals surface area contributed by atoms with E-state index in [-0.39, 0.29) is 23.4 Å². The van der Waals surface area contributed by atoms with Crippen molar-refractivity contribution < 1.29 is 8.78 Å². The summed E-state index contributed by atoms with van der Waals surface area (Å²) in [5, 5.41) is 3.32. The highest BCUT2D eigenvalue weighted by Gasteiger charge is 2.12. The molecule has 0 aliphatic heterocycles. The highest BCUT2D eigenvalue weighted by molar-refractivity contribution is 9.10. The third kappa shape index (κ3) is 3.69. The molecule has 20 heavy (non-hydrogen) atoms. The number of anilines is 1. The molecule has 2 nitrogen and oxygen atoms in total. The van der Waals surface area contributed by atoms with Crippen molar-refractivity contribution in [3.8, 4) is 0 Å². The van der Waals surface area contributed by atoms with Gasteiger partial charge in [0.25, 0.3) is 0 Å². The van der Waals surface area contributed by atoms with Crippen molar-refractivity contribution >= 4 is 33.2 Å². The van der Waals surface area contributed by atoms with Gasteiger partial charge in [-0.05, 0) is 51.8 Å². The van der Waals surface area contributed by atoms with E-state index in [1.54, 1.807) is 18.2 Å². The first kappa shape index (κ1) is 15.2. The standard InChI is InChI=1S/C14H12BrClF2N2/c15-12-2-1-8(3-13(12)18)14(7-19)20-11-5-9(16)4-10(17)6-11/h1-6,14,20H,7,19H2. The van der Waals surface area contributed by atoms with Crippen LogP contribution in [0.25, 0.3) is 0 Å². The smallest absolute Gasteiger partial charge is 0.137 e. The summed E-state index contributed by atoms with van der Waals surface area (Å²) in [6.45, 7) is 0.231. The van der Waals surface area contributed by atoms with Gasteiger partial charge in [-0.3, -0.25) is 0 Å². The molecule has 0 heterocycles. The Kier molecular flexibility index (Phi) is 4.96. The monoisotopic (exact) mass is 360 g/mol. The van der Waals surface area contributed by atoms with Crippen LogP contribution in [-0.2, 0) is 0 Å². The van der Waals surface area contributed by atoms with Gasteiger partial charge in [0, 0.05) is 17.3 Å². The van der Waals surface area contributed by atoms with E-state index in [1.807, 2.05) is 0 Å². The molecule has 0 aliphatic rings. The molecule has 0 fully saturated rings. The summed E-state index contributed by atoms with van der Waals surface area (Å²) in [5.41, 5.74) is 6.86. The van der Waals surface area contributed by atoms with Gasteiger partial charge < -0.3 is 11.1 Å². The van der Waals surface area contributed by atoms with Crippen molar-refractivity contribution in [1.82, 2.24) is 0 Å². The summed E-state index contributed by atoms with van der Waals surface area (Å²) < 4.78 is 27.2. The second kappa shape index (κ2) is 6.52. The summed E-state index contributed by atoms with van der Waals surface area (Å²) in [6, 6.07) is 8.51. The molecule has 1 atom stereocenters. The Labute approximate surface area is 129 Å². The SMILES string of the molecule is NCC(Nc1cc(F)cc(Cl)c1)c1ccc(Br)c(F)c1. The van der Waals surface area contributed by atoms with Crippen LogP contribution in [0.3, 0.4) is 0 Å². The molecule has 0 aromatic heterocycles. The fourth-order valence-electron chi connectivity index (χ4n) is 1.85. The maximum Gasteiger partial charge on any atom is 0.137 e. The number of hydrogen-bond donors (Lipinski definition) is 2. The zero-order valence-electron chi connectivity index (χ0n) is 10.3. The molecule has 1 unspecified atom stereocenters. The Morgan fingerprint density at radius 1 is 1.20 bits per heavy atom. The quantitative estimate of drug-likeness (QED) is 0.842. The van der Waals surface area contributed by atoms with Crippen molar-refractivity contribution in [2.75, 3.05) is 11.9 Å². The van der Waals surface area contributed by atoms with Crippen LogP contribution in [0, 0.1) is 11.6 Å². The lowest BCUT2D eigenvalue weighted by Crippen LogP contribution is -2.20. The zero-order chi connectivity index (χ0) is 14.7. The van der Waals surface area contributed by atoms with Crippen LogP contribution in [0.2, 0.25) is 5.02 Å². The van der Waals surface area contributed by atoms with E-state index >= 15 is 0 Å². The van der Waals surface area contributed by atoms with Gasteiger partial charge in [0.05, 0.1) is 10.5 Å². The van der Waals surface area contributed by atoms with Gasteiger partial charge in [0.1, 0.15) is 11.6 Å². The molecule has 0 spiro atoms. The third-order valence-corrected chi connectivity index (χ3v) is 3.65. The van der Waals surface area contributed by atoms with Gasteiger partial charge in [0.2, 0.25) is 0 Å². The number of halogens is 4. The molecule has 0 saturated heterocycles. The lowest BCUT2D eigenvalue weighted by Gasteiger charge is -2.19. The summed E-state index contributed by atoms with van der Waals surface area (Å²) in [7, 11) is 0. The molecule has 0 aliphatic carbocycles. The molecular formula is C14H12BrClF2N2. The van der Waals surface area contributed by atoms with Gasteiger partial charge in [0.15, 0.2) is 0 Å². The van der Waals surface area contributed by atoms with E-state index in [0.717, 1.165) is 0 Å². The number of nitrogens with two attached hydrogens (primary N) is 1. The second-order valence-corrected chi connectivity index (χ2v) is 5.56. The predicted molar refractivity (Wildman–Crippen MR) is 80.9 cm³/mol. The van der Waals surface area contributed by atoms with Gasteiger partial charge >= 0.3 is 0 Å². The average Bonchev–Trinajstić information content (AvgIpc) is 2.38. The first-order valence-electron chi connectivity index (χ1n) is 5.87. The molecule has 106 valence electrons. The fraction of sp³-hybridized carbons (Fsp3) is 0.143. The van der Waals surface area contributed by atoms with E-state index in [4.69, 9.17) is 17.3 Å². The second-order valence-electron chi connectivity index (χ2n) is 4.26. The Morgan fingerprint density at radius 2 is 1.95 bits per heavy atom. The van der Waals surface area contributed by atoms with Crippen LogP contribution >= 0.6 is 27.5 Å². The molecule has 3 N–H and O–H groups in total. The first-order chi connectivity index (χ1) is 9.49. The van der Waals surface area contributed by atoms with E-state index < -0.39 is 5.82 Å².